The predicted octanol–water partition coefficient (Wildman–Crippen LogP) is 2.36. The Morgan fingerprint density at radius 2 is 2.53 bits per heavy atom. The SMILES string of the molecule is CC(CNCc1cnc[nH]1)c1cccs1. The summed E-state index contributed by atoms with van der Waals surface area (Å²) < 4.78 is 0. The van der Waals surface area contributed by atoms with E-state index < -0.39 is 0 Å². The number of H-pyrrole nitrogens is 1. The lowest BCUT2D eigenvalue weighted by Gasteiger charge is -2.09. The van der Waals surface area contributed by atoms with Crippen molar-refractivity contribution < 1.29 is 0 Å². The number of nitrogens with zero attached hydrogens (tertiary/aromatic N) is 1. The van der Waals surface area contributed by atoms with Crippen LogP contribution in [0.2, 0.25) is 0 Å². The third-order valence-electron chi connectivity index (χ3n) is 2.35. The summed E-state index contributed by atoms with van der Waals surface area (Å²) in [5.41, 5.74) is 1.13. The van der Waals surface area contributed by atoms with E-state index in [9.17, 15) is 0 Å². The molecule has 0 fully saturated rings. The first-order valence-electron chi connectivity index (χ1n) is 5.07. The van der Waals surface area contributed by atoms with Gasteiger partial charge in [0.1, 0.15) is 0 Å². The standard InChI is InChI=1S/C11H15N3S/c1-9(11-3-2-4-15-11)5-12-6-10-7-13-8-14-10/h2-4,7-9,12H,5-6H2,1H3,(H,13,14). The van der Waals surface area contributed by atoms with Gasteiger partial charge in [0, 0.05) is 35.8 Å². The van der Waals surface area contributed by atoms with Crippen molar-refractivity contribution in [2.24, 2.45) is 0 Å². The van der Waals surface area contributed by atoms with Crippen molar-refractivity contribution in [2.45, 2.75) is 19.4 Å². The van der Waals surface area contributed by atoms with Gasteiger partial charge in [0.2, 0.25) is 0 Å². The van der Waals surface area contributed by atoms with Gasteiger partial charge in [0.05, 0.1) is 6.33 Å². The number of hydrogen-bond acceptors (Lipinski definition) is 3. The molecular formula is C11H15N3S. The highest BCUT2D eigenvalue weighted by Gasteiger charge is 2.05. The molecule has 2 rings (SSSR count). The van der Waals surface area contributed by atoms with Crippen LogP contribution >= 0.6 is 11.3 Å². The minimum Gasteiger partial charge on any atom is -0.347 e. The molecule has 3 nitrogen and oxygen atoms in total. The van der Waals surface area contributed by atoms with Crippen LogP contribution in [0.5, 0.6) is 0 Å². The highest BCUT2D eigenvalue weighted by molar-refractivity contribution is 7.10. The minimum atomic E-state index is 0.577. The van der Waals surface area contributed by atoms with Gasteiger partial charge in [0.15, 0.2) is 0 Å². The van der Waals surface area contributed by atoms with Crippen molar-refractivity contribution in [3.8, 4) is 0 Å². The third-order valence-corrected chi connectivity index (χ3v) is 3.45. The first kappa shape index (κ1) is 10.4. The quantitative estimate of drug-likeness (QED) is 0.813. The van der Waals surface area contributed by atoms with Gasteiger partial charge in [-0.3, -0.25) is 0 Å². The fourth-order valence-corrected chi connectivity index (χ4v) is 2.26. The number of aromatic amines is 1. The zero-order chi connectivity index (χ0) is 10.5. The largest absolute Gasteiger partial charge is 0.347 e. The molecule has 0 saturated heterocycles. The average Bonchev–Trinajstić information content (AvgIpc) is 2.90. The Bertz CT molecular complexity index is 366. The first-order chi connectivity index (χ1) is 7.36. The fourth-order valence-electron chi connectivity index (χ4n) is 1.48. The van der Waals surface area contributed by atoms with Gasteiger partial charge >= 0.3 is 0 Å². The molecule has 0 saturated carbocycles. The Labute approximate surface area is 93.6 Å². The molecule has 1 unspecified atom stereocenters. The molecule has 0 aromatic carbocycles. The van der Waals surface area contributed by atoms with Crippen molar-refractivity contribution in [3.05, 3.63) is 40.6 Å². The van der Waals surface area contributed by atoms with E-state index in [1.165, 1.54) is 4.88 Å². The van der Waals surface area contributed by atoms with Crippen LogP contribution in [0.25, 0.3) is 0 Å². The molecule has 4 heteroatoms. The summed E-state index contributed by atoms with van der Waals surface area (Å²) in [6, 6.07) is 4.29. The molecular weight excluding hydrogens is 206 g/mol. The normalized spacial score (nSPS) is 12.9. The maximum Gasteiger partial charge on any atom is 0.0922 e. The van der Waals surface area contributed by atoms with E-state index in [2.05, 4.69) is 39.7 Å². The highest BCUT2D eigenvalue weighted by atomic mass is 32.1. The van der Waals surface area contributed by atoms with Gasteiger partial charge in [-0.2, -0.15) is 0 Å². The summed E-state index contributed by atoms with van der Waals surface area (Å²) >= 11 is 1.82. The maximum absolute atomic E-state index is 3.98. The van der Waals surface area contributed by atoms with Crippen molar-refractivity contribution >= 4 is 11.3 Å². The maximum atomic E-state index is 3.98. The Balaban J connectivity index is 1.74. The van der Waals surface area contributed by atoms with Gasteiger partial charge in [-0.1, -0.05) is 13.0 Å². The van der Waals surface area contributed by atoms with E-state index in [1.54, 1.807) is 6.33 Å². The Kier molecular flexibility index (Phi) is 3.53. The Morgan fingerprint density at radius 3 is 3.20 bits per heavy atom. The summed E-state index contributed by atoms with van der Waals surface area (Å²) in [4.78, 5) is 8.49. The molecule has 0 aliphatic rings. The molecule has 0 bridgehead atoms. The highest BCUT2D eigenvalue weighted by Crippen LogP contribution is 2.19. The molecule has 2 heterocycles. The number of imidazole rings is 1. The van der Waals surface area contributed by atoms with Crippen LogP contribution < -0.4 is 5.32 Å². The number of thiophene rings is 1. The fraction of sp³-hybridized carbons (Fsp3) is 0.364. The van der Waals surface area contributed by atoms with Crippen LogP contribution in [-0.4, -0.2) is 16.5 Å². The number of nitrogens with one attached hydrogen (secondary N) is 2. The van der Waals surface area contributed by atoms with Crippen LogP contribution in [0.15, 0.2) is 30.0 Å². The summed E-state index contributed by atoms with van der Waals surface area (Å²) in [5, 5.41) is 5.54. The molecule has 2 aromatic rings. The van der Waals surface area contributed by atoms with E-state index in [0.717, 1.165) is 18.8 Å². The summed E-state index contributed by atoms with van der Waals surface area (Å²) in [7, 11) is 0. The molecule has 0 radical (unpaired) electrons. The van der Waals surface area contributed by atoms with Crippen LogP contribution in [0.4, 0.5) is 0 Å². The van der Waals surface area contributed by atoms with Gasteiger partial charge in [-0.15, -0.1) is 11.3 Å². The lowest BCUT2D eigenvalue weighted by atomic mass is 10.1. The van der Waals surface area contributed by atoms with E-state index in [4.69, 9.17) is 0 Å². The topological polar surface area (TPSA) is 40.7 Å². The molecule has 0 aliphatic carbocycles. The van der Waals surface area contributed by atoms with E-state index in [-0.39, 0.29) is 0 Å². The molecule has 0 aliphatic heterocycles. The van der Waals surface area contributed by atoms with Gasteiger partial charge in [0.25, 0.3) is 0 Å². The molecule has 80 valence electrons. The summed E-state index contributed by atoms with van der Waals surface area (Å²) in [5.74, 6) is 0.577. The first-order valence-corrected chi connectivity index (χ1v) is 5.95. The molecule has 2 N–H and O–H groups in total. The van der Waals surface area contributed by atoms with E-state index in [0.29, 0.717) is 5.92 Å². The molecule has 1 atom stereocenters. The molecule has 0 amide bonds. The van der Waals surface area contributed by atoms with E-state index >= 15 is 0 Å². The lowest BCUT2D eigenvalue weighted by molar-refractivity contribution is 0.615. The zero-order valence-corrected chi connectivity index (χ0v) is 9.55. The van der Waals surface area contributed by atoms with Crippen molar-refractivity contribution in [3.63, 3.8) is 0 Å². The second kappa shape index (κ2) is 5.09. The third kappa shape index (κ3) is 2.91. The van der Waals surface area contributed by atoms with Crippen molar-refractivity contribution in [2.75, 3.05) is 6.54 Å². The monoisotopic (exact) mass is 221 g/mol. The molecule has 2 aromatic heterocycles. The number of hydrogen-bond donors (Lipinski definition) is 2. The average molecular weight is 221 g/mol. The van der Waals surface area contributed by atoms with Crippen LogP contribution in [-0.2, 0) is 6.54 Å². The van der Waals surface area contributed by atoms with Crippen LogP contribution in [0.1, 0.15) is 23.4 Å². The predicted molar refractivity (Wildman–Crippen MR) is 63.0 cm³/mol. The van der Waals surface area contributed by atoms with Gasteiger partial charge in [-0.25, -0.2) is 4.98 Å². The molecule has 0 spiro atoms. The molecule has 15 heavy (non-hydrogen) atoms. The zero-order valence-electron chi connectivity index (χ0n) is 8.73. The van der Waals surface area contributed by atoms with Gasteiger partial charge < -0.3 is 10.3 Å². The second-order valence-corrected chi connectivity index (χ2v) is 4.60. The Morgan fingerprint density at radius 1 is 1.60 bits per heavy atom. The van der Waals surface area contributed by atoms with Crippen molar-refractivity contribution in [1.82, 2.24) is 15.3 Å². The summed E-state index contributed by atoms with van der Waals surface area (Å²) in [6.45, 7) is 4.10. The summed E-state index contributed by atoms with van der Waals surface area (Å²) in [6.07, 6.45) is 3.56. The van der Waals surface area contributed by atoms with Gasteiger partial charge in [-0.05, 0) is 11.4 Å². The smallest absolute Gasteiger partial charge is 0.0922 e. The van der Waals surface area contributed by atoms with Crippen LogP contribution in [0, 0.1) is 0 Å². The Hall–Kier alpha value is -1.13. The lowest BCUT2D eigenvalue weighted by Crippen LogP contribution is -2.19. The van der Waals surface area contributed by atoms with Crippen molar-refractivity contribution in [1.29, 1.82) is 0 Å². The van der Waals surface area contributed by atoms with Crippen LogP contribution in [0.3, 0.4) is 0 Å². The number of rotatable bonds is 5. The second-order valence-electron chi connectivity index (χ2n) is 3.62. The van der Waals surface area contributed by atoms with E-state index in [1.807, 2.05) is 17.5 Å². The minimum absolute atomic E-state index is 0.577. The number of aromatic nitrogens is 2.